The Kier molecular flexibility index (Phi) is 7.06. The quantitative estimate of drug-likeness (QED) is 0.604. The Hall–Kier alpha value is -2.41. The van der Waals surface area contributed by atoms with Crippen LogP contribution in [-0.4, -0.2) is 25.3 Å². The molecule has 5 nitrogen and oxygen atoms in total. The van der Waals surface area contributed by atoms with Gasteiger partial charge in [0.25, 0.3) is 0 Å². The zero-order chi connectivity index (χ0) is 21.8. The molecule has 158 valence electrons. The second kappa shape index (κ2) is 8.95. The lowest BCUT2D eigenvalue weighted by atomic mass is 9.91. The van der Waals surface area contributed by atoms with Crippen LogP contribution in [0.15, 0.2) is 53.4 Å². The first kappa shape index (κ1) is 22.9. The molecule has 0 bridgehead atoms. The molecule has 0 heterocycles. The molecule has 29 heavy (non-hydrogen) atoms. The summed E-state index contributed by atoms with van der Waals surface area (Å²) in [6.45, 7) is 10.4. The number of carbonyl (C=O) groups is 1. The van der Waals surface area contributed by atoms with E-state index in [9.17, 15) is 17.6 Å². The molecule has 0 unspecified atom stereocenters. The zero-order valence-electron chi connectivity index (χ0n) is 17.5. The SMILES string of the molecule is CC(C)N(Cc1ccc(OS(=O)(=O)c2ccc(F)cc2)cc1)C(=O)CC(C)(C)C. The van der Waals surface area contributed by atoms with Crippen molar-refractivity contribution in [3.8, 4) is 5.75 Å². The minimum Gasteiger partial charge on any atom is -0.379 e. The Morgan fingerprint density at radius 1 is 1.03 bits per heavy atom. The molecule has 0 atom stereocenters. The number of halogens is 1. The van der Waals surface area contributed by atoms with Gasteiger partial charge in [-0.05, 0) is 61.2 Å². The Morgan fingerprint density at radius 3 is 2.07 bits per heavy atom. The van der Waals surface area contributed by atoms with E-state index in [4.69, 9.17) is 4.18 Å². The van der Waals surface area contributed by atoms with Crippen molar-refractivity contribution < 1.29 is 21.8 Å². The van der Waals surface area contributed by atoms with Gasteiger partial charge in [-0.1, -0.05) is 32.9 Å². The number of nitrogens with zero attached hydrogens (tertiary/aromatic N) is 1. The van der Waals surface area contributed by atoms with E-state index in [1.54, 1.807) is 29.2 Å². The van der Waals surface area contributed by atoms with E-state index in [1.807, 2.05) is 34.6 Å². The topological polar surface area (TPSA) is 63.7 Å². The first-order valence-corrected chi connectivity index (χ1v) is 10.9. The monoisotopic (exact) mass is 421 g/mol. The predicted octanol–water partition coefficient (Wildman–Crippen LogP) is 4.77. The summed E-state index contributed by atoms with van der Waals surface area (Å²) >= 11 is 0. The Balaban J connectivity index is 2.10. The van der Waals surface area contributed by atoms with Crippen molar-refractivity contribution in [3.63, 3.8) is 0 Å². The smallest absolute Gasteiger partial charge is 0.339 e. The fourth-order valence-electron chi connectivity index (χ4n) is 2.74. The molecule has 2 aromatic rings. The van der Waals surface area contributed by atoms with Gasteiger partial charge >= 0.3 is 10.1 Å². The molecule has 0 aromatic heterocycles. The fraction of sp³-hybridized carbons (Fsp3) is 0.409. The molecule has 2 rings (SSSR count). The molecule has 0 aliphatic rings. The van der Waals surface area contributed by atoms with Crippen molar-refractivity contribution in [1.82, 2.24) is 4.90 Å². The Bertz CT molecular complexity index is 930. The van der Waals surface area contributed by atoms with Gasteiger partial charge in [0.1, 0.15) is 16.5 Å². The third-order valence-corrected chi connectivity index (χ3v) is 5.47. The lowest BCUT2D eigenvalue weighted by molar-refractivity contribution is -0.135. The normalized spacial score (nSPS) is 12.1. The number of benzene rings is 2. The van der Waals surface area contributed by atoms with Crippen LogP contribution in [0, 0.1) is 11.2 Å². The van der Waals surface area contributed by atoms with Gasteiger partial charge in [-0.15, -0.1) is 0 Å². The van der Waals surface area contributed by atoms with E-state index in [0.29, 0.717) is 13.0 Å². The minimum absolute atomic E-state index is 0.0413. The molecular weight excluding hydrogens is 393 g/mol. The van der Waals surface area contributed by atoms with Gasteiger partial charge in [0.05, 0.1) is 0 Å². The molecule has 0 fully saturated rings. The molecular formula is C22H28FNO4S. The van der Waals surface area contributed by atoms with Gasteiger partial charge in [-0.2, -0.15) is 8.42 Å². The standard InChI is InChI=1S/C22H28FNO4S/c1-16(2)24(21(25)14-22(3,4)5)15-17-6-10-19(11-7-17)28-29(26,27)20-12-8-18(23)9-13-20/h6-13,16H,14-15H2,1-5H3. The molecule has 0 N–H and O–H groups in total. The maximum Gasteiger partial charge on any atom is 0.339 e. The van der Waals surface area contributed by atoms with Gasteiger partial charge in [-0.3, -0.25) is 4.79 Å². The van der Waals surface area contributed by atoms with E-state index < -0.39 is 15.9 Å². The van der Waals surface area contributed by atoms with Crippen LogP contribution in [-0.2, 0) is 21.5 Å². The highest BCUT2D eigenvalue weighted by molar-refractivity contribution is 7.87. The van der Waals surface area contributed by atoms with E-state index in [1.165, 1.54) is 0 Å². The van der Waals surface area contributed by atoms with Crippen molar-refractivity contribution >= 4 is 16.0 Å². The average molecular weight is 422 g/mol. The first-order valence-electron chi connectivity index (χ1n) is 9.46. The van der Waals surface area contributed by atoms with Crippen LogP contribution in [0.4, 0.5) is 4.39 Å². The summed E-state index contributed by atoms with van der Waals surface area (Å²) in [7, 11) is -4.04. The van der Waals surface area contributed by atoms with E-state index in [-0.39, 0.29) is 28.0 Å². The molecule has 2 aromatic carbocycles. The fourth-order valence-corrected chi connectivity index (χ4v) is 3.67. The van der Waals surface area contributed by atoms with Crippen LogP contribution in [0.3, 0.4) is 0 Å². The summed E-state index contributed by atoms with van der Waals surface area (Å²) in [6.07, 6.45) is 0.447. The summed E-state index contributed by atoms with van der Waals surface area (Å²) in [5.74, 6) is -0.300. The first-order chi connectivity index (χ1) is 13.4. The minimum atomic E-state index is -4.04. The second-order valence-electron chi connectivity index (χ2n) is 8.49. The summed E-state index contributed by atoms with van der Waals surface area (Å²) in [5, 5.41) is 0. The lowest BCUT2D eigenvalue weighted by Gasteiger charge is -2.30. The molecule has 0 aliphatic carbocycles. The van der Waals surface area contributed by atoms with Gasteiger partial charge in [0, 0.05) is 19.0 Å². The number of carbonyl (C=O) groups excluding carboxylic acids is 1. The largest absolute Gasteiger partial charge is 0.379 e. The third-order valence-electron chi connectivity index (χ3n) is 4.21. The Labute approximate surface area is 172 Å². The van der Waals surface area contributed by atoms with Gasteiger partial charge < -0.3 is 9.08 Å². The average Bonchev–Trinajstić information content (AvgIpc) is 2.59. The van der Waals surface area contributed by atoms with Crippen molar-refractivity contribution in [2.24, 2.45) is 5.41 Å². The van der Waals surface area contributed by atoms with Crippen LogP contribution in [0.1, 0.15) is 46.6 Å². The van der Waals surface area contributed by atoms with Gasteiger partial charge in [0.15, 0.2) is 0 Å². The lowest BCUT2D eigenvalue weighted by Crippen LogP contribution is -2.38. The van der Waals surface area contributed by atoms with Crippen molar-refractivity contribution in [1.29, 1.82) is 0 Å². The van der Waals surface area contributed by atoms with Crippen molar-refractivity contribution in [2.75, 3.05) is 0 Å². The van der Waals surface area contributed by atoms with Crippen molar-refractivity contribution in [2.45, 2.75) is 58.5 Å². The third kappa shape index (κ3) is 6.85. The second-order valence-corrected chi connectivity index (χ2v) is 10.0. The van der Waals surface area contributed by atoms with E-state index in [2.05, 4.69) is 0 Å². The molecule has 0 radical (unpaired) electrons. The van der Waals surface area contributed by atoms with E-state index in [0.717, 1.165) is 29.8 Å². The summed E-state index contributed by atoms with van der Waals surface area (Å²) in [6, 6.07) is 11.0. The highest BCUT2D eigenvalue weighted by Gasteiger charge is 2.23. The Morgan fingerprint density at radius 2 is 1.59 bits per heavy atom. The predicted molar refractivity (Wildman–Crippen MR) is 110 cm³/mol. The number of amides is 1. The number of hydrogen-bond acceptors (Lipinski definition) is 4. The molecule has 0 spiro atoms. The zero-order valence-corrected chi connectivity index (χ0v) is 18.3. The highest BCUT2D eigenvalue weighted by Crippen LogP contribution is 2.23. The molecule has 7 heteroatoms. The van der Waals surface area contributed by atoms with Crippen molar-refractivity contribution in [3.05, 3.63) is 59.9 Å². The maximum absolute atomic E-state index is 13.0. The summed E-state index contributed by atoms with van der Waals surface area (Å²) < 4.78 is 42.7. The summed E-state index contributed by atoms with van der Waals surface area (Å²) in [4.78, 5) is 14.3. The van der Waals surface area contributed by atoms with Crippen LogP contribution in [0.5, 0.6) is 5.75 Å². The van der Waals surface area contributed by atoms with E-state index >= 15 is 0 Å². The molecule has 0 aliphatic heterocycles. The van der Waals surface area contributed by atoms with Gasteiger partial charge in [-0.25, -0.2) is 4.39 Å². The van der Waals surface area contributed by atoms with Crippen LogP contribution >= 0.6 is 0 Å². The molecule has 1 amide bonds. The number of hydrogen-bond donors (Lipinski definition) is 0. The van der Waals surface area contributed by atoms with Crippen LogP contribution in [0.25, 0.3) is 0 Å². The molecule has 0 saturated carbocycles. The highest BCUT2D eigenvalue weighted by atomic mass is 32.2. The maximum atomic E-state index is 13.0. The van der Waals surface area contributed by atoms with Crippen LogP contribution in [0.2, 0.25) is 0 Å². The summed E-state index contributed by atoms with van der Waals surface area (Å²) in [5.41, 5.74) is 0.767. The van der Waals surface area contributed by atoms with Gasteiger partial charge in [0.2, 0.25) is 5.91 Å². The van der Waals surface area contributed by atoms with Crippen LogP contribution < -0.4 is 4.18 Å². The molecule has 0 saturated heterocycles. The number of rotatable bonds is 7.